The third-order valence-corrected chi connectivity index (χ3v) is 5.11. The zero-order valence-electron chi connectivity index (χ0n) is 13.0. The van der Waals surface area contributed by atoms with Crippen LogP contribution in [-0.2, 0) is 17.8 Å². The van der Waals surface area contributed by atoms with Crippen molar-refractivity contribution in [1.29, 1.82) is 0 Å². The number of carbonyl (C=O) groups is 1. The van der Waals surface area contributed by atoms with Crippen molar-refractivity contribution in [2.45, 2.75) is 19.1 Å². The molecule has 2 atom stereocenters. The van der Waals surface area contributed by atoms with Gasteiger partial charge in [0.15, 0.2) is 0 Å². The third kappa shape index (κ3) is 4.64. The summed E-state index contributed by atoms with van der Waals surface area (Å²) in [5.74, 6) is 0.216. The number of β-amino-alcohol motifs (C(OH)–C–C–N with tert-alkyl or cyclic N) is 1. The number of nitrogens with zero attached hydrogens (tertiary/aromatic N) is 1. The second kappa shape index (κ2) is 7.73. The van der Waals surface area contributed by atoms with Crippen molar-refractivity contribution >= 4 is 17.2 Å². The van der Waals surface area contributed by atoms with Crippen molar-refractivity contribution < 1.29 is 9.90 Å². The number of likely N-dealkylation sites (tertiary alicyclic amines) is 1. The summed E-state index contributed by atoms with van der Waals surface area (Å²) < 4.78 is 0. The Kier molecular flexibility index (Phi) is 5.43. The molecule has 3 rings (SSSR count). The predicted molar refractivity (Wildman–Crippen MR) is 92.2 cm³/mol. The Morgan fingerprint density at radius 1 is 1.22 bits per heavy atom. The highest BCUT2D eigenvalue weighted by Gasteiger charge is 2.32. The molecule has 0 aliphatic carbocycles. The van der Waals surface area contributed by atoms with Crippen LogP contribution in [0.25, 0.3) is 0 Å². The number of nitrogens with one attached hydrogen (secondary N) is 1. The van der Waals surface area contributed by atoms with Crippen LogP contribution < -0.4 is 5.32 Å². The molecule has 1 aliphatic rings. The SMILES string of the molecule is O=C(CN1C[C@@H](Cc2ccccc2)[C@H](O)C1)NCc1cccs1. The lowest BCUT2D eigenvalue weighted by molar-refractivity contribution is -0.122. The van der Waals surface area contributed by atoms with Crippen LogP contribution in [0, 0.1) is 5.92 Å². The first-order valence-electron chi connectivity index (χ1n) is 7.94. The molecule has 0 radical (unpaired) electrons. The van der Waals surface area contributed by atoms with E-state index < -0.39 is 0 Å². The minimum Gasteiger partial charge on any atom is -0.391 e. The van der Waals surface area contributed by atoms with E-state index in [2.05, 4.69) is 17.4 Å². The molecule has 0 spiro atoms. The number of rotatable bonds is 6. The fraction of sp³-hybridized carbons (Fsp3) is 0.389. The molecule has 1 amide bonds. The minimum atomic E-state index is -0.361. The molecule has 0 unspecified atom stereocenters. The topological polar surface area (TPSA) is 52.6 Å². The molecule has 2 heterocycles. The Morgan fingerprint density at radius 2 is 2.04 bits per heavy atom. The summed E-state index contributed by atoms with van der Waals surface area (Å²) in [7, 11) is 0. The third-order valence-electron chi connectivity index (χ3n) is 4.23. The van der Waals surface area contributed by atoms with E-state index in [-0.39, 0.29) is 17.9 Å². The lowest BCUT2D eigenvalue weighted by Gasteiger charge is -2.15. The lowest BCUT2D eigenvalue weighted by atomic mass is 9.97. The lowest BCUT2D eigenvalue weighted by Crippen LogP contribution is -2.36. The summed E-state index contributed by atoms with van der Waals surface area (Å²) in [6, 6.07) is 14.2. The van der Waals surface area contributed by atoms with Crippen molar-refractivity contribution in [2.75, 3.05) is 19.6 Å². The van der Waals surface area contributed by atoms with Gasteiger partial charge in [0.2, 0.25) is 5.91 Å². The molecule has 1 aromatic carbocycles. The number of aliphatic hydroxyl groups is 1. The predicted octanol–water partition coefficient (Wildman–Crippen LogP) is 1.90. The number of amides is 1. The molecule has 23 heavy (non-hydrogen) atoms. The van der Waals surface area contributed by atoms with E-state index in [0.29, 0.717) is 19.6 Å². The van der Waals surface area contributed by atoms with Gasteiger partial charge in [-0.05, 0) is 23.4 Å². The zero-order valence-corrected chi connectivity index (χ0v) is 13.8. The summed E-state index contributed by atoms with van der Waals surface area (Å²) in [6.07, 6.45) is 0.496. The van der Waals surface area contributed by atoms with Crippen LogP contribution in [0.15, 0.2) is 47.8 Å². The number of carbonyl (C=O) groups excluding carboxylic acids is 1. The van der Waals surface area contributed by atoms with E-state index in [1.165, 1.54) is 5.56 Å². The van der Waals surface area contributed by atoms with E-state index in [4.69, 9.17) is 0 Å². The largest absolute Gasteiger partial charge is 0.391 e. The smallest absolute Gasteiger partial charge is 0.234 e. The van der Waals surface area contributed by atoms with Crippen LogP contribution in [-0.4, -0.2) is 41.7 Å². The van der Waals surface area contributed by atoms with Gasteiger partial charge in [-0.2, -0.15) is 0 Å². The van der Waals surface area contributed by atoms with E-state index in [0.717, 1.165) is 17.8 Å². The van der Waals surface area contributed by atoms with Gasteiger partial charge in [0.05, 0.1) is 19.2 Å². The van der Waals surface area contributed by atoms with Crippen LogP contribution in [0.5, 0.6) is 0 Å². The van der Waals surface area contributed by atoms with Crippen LogP contribution >= 0.6 is 11.3 Å². The molecule has 5 heteroatoms. The average molecular weight is 330 g/mol. The van der Waals surface area contributed by atoms with Crippen LogP contribution in [0.4, 0.5) is 0 Å². The summed E-state index contributed by atoms with van der Waals surface area (Å²) >= 11 is 1.64. The maximum absolute atomic E-state index is 12.0. The van der Waals surface area contributed by atoms with Crippen molar-refractivity contribution in [2.24, 2.45) is 5.92 Å². The molecule has 1 saturated heterocycles. The van der Waals surface area contributed by atoms with Gasteiger partial charge in [-0.3, -0.25) is 9.69 Å². The van der Waals surface area contributed by atoms with Gasteiger partial charge in [-0.1, -0.05) is 36.4 Å². The molecule has 1 fully saturated rings. The Morgan fingerprint density at radius 3 is 2.78 bits per heavy atom. The van der Waals surface area contributed by atoms with Gasteiger partial charge in [0, 0.05) is 23.9 Å². The maximum atomic E-state index is 12.0. The van der Waals surface area contributed by atoms with Gasteiger partial charge >= 0.3 is 0 Å². The molecule has 2 N–H and O–H groups in total. The van der Waals surface area contributed by atoms with Gasteiger partial charge in [-0.15, -0.1) is 11.3 Å². The van der Waals surface area contributed by atoms with Gasteiger partial charge in [-0.25, -0.2) is 0 Å². The van der Waals surface area contributed by atoms with Gasteiger partial charge < -0.3 is 10.4 Å². The highest BCUT2D eigenvalue weighted by atomic mass is 32.1. The van der Waals surface area contributed by atoms with Crippen LogP contribution in [0.3, 0.4) is 0 Å². The first-order chi connectivity index (χ1) is 11.2. The van der Waals surface area contributed by atoms with Crippen LogP contribution in [0.1, 0.15) is 10.4 Å². The second-order valence-corrected chi connectivity index (χ2v) is 7.10. The van der Waals surface area contributed by atoms with E-state index >= 15 is 0 Å². The fourth-order valence-corrected chi connectivity index (χ4v) is 3.69. The highest BCUT2D eigenvalue weighted by molar-refractivity contribution is 7.09. The molecular weight excluding hydrogens is 308 g/mol. The van der Waals surface area contributed by atoms with E-state index in [1.807, 2.05) is 40.6 Å². The van der Waals surface area contributed by atoms with E-state index in [9.17, 15) is 9.90 Å². The number of hydrogen-bond donors (Lipinski definition) is 2. The Balaban J connectivity index is 1.45. The normalized spacial score (nSPS) is 21.4. The maximum Gasteiger partial charge on any atom is 0.234 e. The van der Waals surface area contributed by atoms with Crippen molar-refractivity contribution in [3.05, 3.63) is 58.3 Å². The van der Waals surface area contributed by atoms with Crippen molar-refractivity contribution in [1.82, 2.24) is 10.2 Å². The molecule has 0 bridgehead atoms. The number of aliphatic hydroxyl groups excluding tert-OH is 1. The number of benzene rings is 1. The second-order valence-electron chi connectivity index (χ2n) is 6.07. The molecule has 122 valence electrons. The number of thiophene rings is 1. The van der Waals surface area contributed by atoms with Crippen molar-refractivity contribution in [3.8, 4) is 0 Å². The van der Waals surface area contributed by atoms with Crippen molar-refractivity contribution in [3.63, 3.8) is 0 Å². The Labute approximate surface area is 140 Å². The fourth-order valence-electron chi connectivity index (χ4n) is 3.05. The summed E-state index contributed by atoms with van der Waals surface area (Å²) in [6.45, 7) is 2.28. The standard InChI is InChI=1S/C18H22N2O2S/c21-17-12-20(11-15(17)9-14-5-2-1-3-6-14)13-18(22)19-10-16-7-4-8-23-16/h1-8,15,17,21H,9-13H2,(H,19,22)/t15-,17-/m1/s1. The molecule has 1 aromatic heterocycles. The quantitative estimate of drug-likeness (QED) is 0.850. The van der Waals surface area contributed by atoms with Gasteiger partial charge in [0.1, 0.15) is 0 Å². The van der Waals surface area contributed by atoms with Crippen LogP contribution in [0.2, 0.25) is 0 Å². The summed E-state index contributed by atoms with van der Waals surface area (Å²) in [5, 5.41) is 15.2. The Hall–Kier alpha value is -1.69. The van der Waals surface area contributed by atoms with Gasteiger partial charge in [0.25, 0.3) is 0 Å². The summed E-state index contributed by atoms with van der Waals surface area (Å²) in [4.78, 5) is 15.2. The monoisotopic (exact) mass is 330 g/mol. The Bertz CT molecular complexity index is 615. The average Bonchev–Trinajstić information content (AvgIpc) is 3.17. The molecular formula is C18H22N2O2S. The van der Waals surface area contributed by atoms with E-state index in [1.54, 1.807) is 11.3 Å². The highest BCUT2D eigenvalue weighted by Crippen LogP contribution is 2.21. The molecule has 0 saturated carbocycles. The first kappa shape index (κ1) is 16.2. The minimum absolute atomic E-state index is 0.0194. The molecule has 1 aliphatic heterocycles. The molecule has 4 nitrogen and oxygen atoms in total. The first-order valence-corrected chi connectivity index (χ1v) is 8.82. The number of hydrogen-bond acceptors (Lipinski definition) is 4. The molecule has 2 aromatic rings. The zero-order chi connectivity index (χ0) is 16.1. The summed E-state index contributed by atoms with van der Waals surface area (Å²) in [5.41, 5.74) is 1.24.